The van der Waals surface area contributed by atoms with E-state index in [0.29, 0.717) is 23.5 Å². The SMILES string of the molecule is OCCOc1nc2nc(Cl)nc(NCc3ccncn3)c2[nH]1. The third kappa shape index (κ3) is 3.21. The van der Waals surface area contributed by atoms with Crippen LogP contribution >= 0.6 is 11.6 Å². The molecule has 3 N–H and O–H groups in total. The first-order valence-electron chi connectivity index (χ1n) is 6.42. The first-order valence-corrected chi connectivity index (χ1v) is 6.79. The lowest BCUT2D eigenvalue weighted by atomic mass is 10.4. The molecule has 0 aliphatic heterocycles. The molecule has 0 bridgehead atoms. The Morgan fingerprint density at radius 1 is 1.32 bits per heavy atom. The summed E-state index contributed by atoms with van der Waals surface area (Å²) in [5.74, 6) is 0.486. The summed E-state index contributed by atoms with van der Waals surface area (Å²) in [6.07, 6.45) is 3.13. The first-order chi connectivity index (χ1) is 10.8. The number of nitrogens with zero attached hydrogens (tertiary/aromatic N) is 5. The zero-order valence-corrected chi connectivity index (χ0v) is 12.1. The second-order valence-corrected chi connectivity index (χ2v) is 4.55. The molecule has 22 heavy (non-hydrogen) atoms. The van der Waals surface area contributed by atoms with Crippen LogP contribution < -0.4 is 10.1 Å². The van der Waals surface area contributed by atoms with Crippen molar-refractivity contribution in [2.45, 2.75) is 6.54 Å². The van der Waals surface area contributed by atoms with Gasteiger partial charge in [0.25, 0.3) is 6.01 Å². The van der Waals surface area contributed by atoms with E-state index in [9.17, 15) is 0 Å². The molecule has 0 radical (unpaired) electrons. The van der Waals surface area contributed by atoms with Crippen molar-refractivity contribution >= 4 is 28.6 Å². The molecule has 0 saturated heterocycles. The predicted molar refractivity (Wildman–Crippen MR) is 78.6 cm³/mol. The van der Waals surface area contributed by atoms with Crippen molar-refractivity contribution in [2.75, 3.05) is 18.5 Å². The number of imidazole rings is 1. The first kappa shape index (κ1) is 14.4. The number of nitrogens with one attached hydrogen (secondary N) is 2. The van der Waals surface area contributed by atoms with Crippen LogP contribution in [0.4, 0.5) is 5.82 Å². The van der Waals surface area contributed by atoms with Crippen LogP contribution in [0, 0.1) is 0 Å². The number of anilines is 1. The van der Waals surface area contributed by atoms with Gasteiger partial charge in [-0.05, 0) is 17.7 Å². The van der Waals surface area contributed by atoms with Gasteiger partial charge in [-0.25, -0.2) is 9.97 Å². The highest BCUT2D eigenvalue weighted by Gasteiger charge is 2.12. The van der Waals surface area contributed by atoms with Gasteiger partial charge in [-0.15, -0.1) is 0 Å². The van der Waals surface area contributed by atoms with Crippen LogP contribution in [-0.2, 0) is 6.54 Å². The highest BCUT2D eigenvalue weighted by atomic mass is 35.5. The predicted octanol–water partition coefficient (Wildman–Crippen LogP) is 0.779. The molecule has 0 saturated carbocycles. The molecule has 3 heterocycles. The summed E-state index contributed by atoms with van der Waals surface area (Å²) in [7, 11) is 0. The highest BCUT2D eigenvalue weighted by molar-refractivity contribution is 6.28. The summed E-state index contributed by atoms with van der Waals surface area (Å²) >= 11 is 5.90. The van der Waals surface area contributed by atoms with Gasteiger partial charge in [-0.1, -0.05) is 0 Å². The molecule has 9 nitrogen and oxygen atoms in total. The van der Waals surface area contributed by atoms with Gasteiger partial charge in [0.1, 0.15) is 18.5 Å². The molecule has 0 atom stereocenters. The minimum atomic E-state index is -0.109. The molecule has 10 heteroatoms. The third-order valence-electron chi connectivity index (χ3n) is 2.71. The van der Waals surface area contributed by atoms with E-state index in [0.717, 1.165) is 5.69 Å². The molecule has 3 aromatic rings. The van der Waals surface area contributed by atoms with Gasteiger partial charge in [0.15, 0.2) is 11.5 Å². The fourth-order valence-corrected chi connectivity index (χ4v) is 1.95. The fraction of sp³-hybridized carbons (Fsp3) is 0.250. The highest BCUT2D eigenvalue weighted by Crippen LogP contribution is 2.23. The van der Waals surface area contributed by atoms with Crippen molar-refractivity contribution in [3.8, 4) is 6.01 Å². The monoisotopic (exact) mass is 321 g/mol. The van der Waals surface area contributed by atoms with Crippen molar-refractivity contribution < 1.29 is 9.84 Å². The summed E-state index contributed by atoms with van der Waals surface area (Å²) in [6.45, 7) is 0.462. The van der Waals surface area contributed by atoms with Crippen molar-refractivity contribution in [3.05, 3.63) is 29.6 Å². The molecule has 0 unspecified atom stereocenters. The Labute approximate surface area is 129 Å². The summed E-state index contributed by atoms with van der Waals surface area (Å²) in [4.78, 5) is 23.2. The van der Waals surface area contributed by atoms with Gasteiger partial charge in [0, 0.05) is 6.20 Å². The summed E-state index contributed by atoms with van der Waals surface area (Å²) in [6, 6.07) is 2.03. The molecule has 0 aliphatic rings. The van der Waals surface area contributed by atoms with Gasteiger partial charge in [-0.3, -0.25) is 0 Å². The number of hydrogen-bond donors (Lipinski definition) is 3. The van der Waals surface area contributed by atoms with E-state index in [4.69, 9.17) is 21.4 Å². The Hall–Kier alpha value is -2.52. The lowest BCUT2D eigenvalue weighted by Gasteiger charge is -2.05. The smallest absolute Gasteiger partial charge is 0.296 e. The van der Waals surface area contributed by atoms with Gasteiger partial charge in [0.2, 0.25) is 5.28 Å². The number of aliphatic hydroxyl groups is 1. The van der Waals surface area contributed by atoms with Crippen molar-refractivity contribution in [2.24, 2.45) is 0 Å². The number of aliphatic hydroxyl groups excluding tert-OH is 1. The number of H-pyrrole nitrogens is 1. The molecule has 3 rings (SSSR count). The van der Waals surface area contributed by atoms with Gasteiger partial charge >= 0.3 is 0 Å². The number of ether oxygens (including phenoxy) is 1. The van der Waals surface area contributed by atoms with Gasteiger partial charge in [-0.2, -0.15) is 15.0 Å². The summed E-state index contributed by atoms with van der Waals surface area (Å²) in [5.41, 5.74) is 1.73. The van der Waals surface area contributed by atoms with E-state index in [-0.39, 0.29) is 24.5 Å². The van der Waals surface area contributed by atoms with Crippen LogP contribution in [0.15, 0.2) is 18.6 Å². The van der Waals surface area contributed by atoms with E-state index in [1.807, 2.05) is 0 Å². The molecule has 0 aromatic carbocycles. The maximum absolute atomic E-state index is 8.77. The number of rotatable bonds is 6. The fourth-order valence-electron chi connectivity index (χ4n) is 1.78. The lowest BCUT2D eigenvalue weighted by Crippen LogP contribution is -2.05. The second kappa shape index (κ2) is 6.50. The topological polar surface area (TPSA) is 122 Å². The maximum atomic E-state index is 8.77. The molecular weight excluding hydrogens is 310 g/mol. The molecule has 0 fully saturated rings. The molecule has 0 aliphatic carbocycles. The minimum Gasteiger partial charge on any atom is -0.462 e. The van der Waals surface area contributed by atoms with E-state index in [2.05, 4.69) is 35.2 Å². The Bertz CT molecular complexity index is 765. The Morgan fingerprint density at radius 2 is 2.23 bits per heavy atom. The lowest BCUT2D eigenvalue weighted by molar-refractivity contribution is 0.193. The number of fused-ring (bicyclic) bond motifs is 1. The number of aromatic amines is 1. The van der Waals surface area contributed by atoms with Crippen LogP contribution in [0.25, 0.3) is 11.2 Å². The molecular formula is C12H12ClN7O2. The second-order valence-electron chi connectivity index (χ2n) is 4.21. The molecule has 0 amide bonds. The van der Waals surface area contributed by atoms with E-state index in [1.54, 1.807) is 12.3 Å². The van der Waals surface area contributed by atoms with Crippen LogP contribution in [0.2, 0.25) is 5.28 Å². The Morgan fingerprint density at radius 3 is 3.00 bits per heavy atom. The zero-order valence-electron chi connectivity index (χ0n) is 11.3. The van der Waals surface area contributed by atoms with Gasteiger partial charge in [0.05, 0.1) is 18.8 Å². The van der Waals surface area contributed by atoms with Crippen LogP contribution in [-0.4, -0.2) is 48.2 Å². The average Bonchev–Trinajstić information content (AvgIpc) is 2.94. The average molecular weight is 322 g/mol. The molecule has 3 aromatic heterocycles. The number of aromatic nitrogens is 6. The van der Waals surface area contributed by atoms with Crippen molar-refractivity contribution in [1.29, 1.82) is 0 Å². The Kier molecular flexibility index (Phi) is 4.26. The zero-order chi connectivity index (χ0) is 15.4. The summed E-state index contributed by atoms with van der Waals surface area (Å²) < 4.78 is 5.22. The number of hydrogen-bond acceptors (Lipinski definition) is 8. The van der Waals surface area contributed by atoms with E-state index >= 15 is 0 Å². The number of halogens is 1. The summed E-state index contributed by atoms with van der Waals surface area (Å²) in [5, 5.41) is 12.0. The van der Waals surface area contributed by atoms with E-state index < -0.39 is 0 Å². The largest absolute Gasteiger partial charge is 0.462 e. The molecule has 114 valence electrons. The van der Waals surface area contributed by atoms with Crippen molar-refractivity contribution in [3.63, 3.8) is 0 Å². The molecule has 0 spiro atoms. The standard InChI is InChI=1S/C12H12ClN7O2/c13-11-18-9(15-5-7-1-2-14-6-16-7)8-10(19-11)20-12(17-8)22-4-3-21/h1-2,6,21H,3-5H2,(H2,15,17,18,19,20). The maximum Gasteiger partial charge on any atom is 0.296 e. The third-order valence-corrected chi connectivity index (χ3v) is 2.88. The normalized spacial score (nSPS) is 10.8. The Balaban J connectivity index is 1.85. The quantitative estimate of drug-likeness (QED) is 0.569. The van der Waals surface area contributed by atoms with Crippen molar-refractivity contribution in [1.82, 2.24) is 29.9 Å². The van der Waals surface area contributed by atoms with Gasteiger partial charge < -0.3 is 20.1 Å². The van der Waals surface area contributed by atoms with Crippen LogP contribution in [0.5, 0.6) is 6.01 Å². The van der Waals surface area contributed by atoms with Crippen LogP contribution in [0.3, 0.4) is 0 Å². The van der Waals surface area contributed by atoms with Crippen LogP contribution in [0.1, 0.15) is 5.69 Å². The van der Waals surface area contributed by atoms with E-state index in [1.165, 1.54) is 6.33 Å². The minimum absolute atomic E-state index is 0.0675.